The van der Waals surface area contributed by atoms with Crippen molar-refractivity contribution in [3.8, 4) is 0 Å². The summed E-state index contributed by atoms with van der Waals surface area (Å²) in [5.41, 5.74) is 1.29. The fraction of sp³-hybridized carbons (Fsp3) is 0.211. The van der Waals surface area contributed by atoms with E-state index in [1.54, 1.807) is 24.3 Å². The molecule has 2 heterocycles. The zero-order chi connectivity index (χ0) is 19.0. The molecule has 0 bridgehead atoms. The number of benzene rings is 2. The van der Waals surface area contributed by atoms with Crippen LogP contribution in [-0.2, 0) is 10.0 Å². The third kappa shape index (κ3) is 3.45. The van der Waals surface area contributed by atoms with Gasteiger partial charge in [0.15, 0.2) is 0 Å². The number of nitrogens with zero attached hydrogens (tertiary/aromatic N) is 1. The topological polar surface area (TPSA) is 82.3 Å². The molecule has 8 heteroatoms. The zero-order valence-corrected chi connectivity index (χ0v) is 15.2. The quantitative estimate of drug-likeness (QED) is 0.720. The fourth-order valence-corrected chi connectivity index (χ4v) is 4.80. The molecular weight excluding hydrogens is 369 g/mol. The van der Waals surface area contributed by atoms with E-state index in [9.17, 15) is 17.6 Å². The van der Waals surface area contributed by atoms with Crippen LogP contribution in [0.3, 0.4) is 0 Å². The highest BCUT2D eigenvalue weighted by atomic mass is 32.2. The molecule has 1 amide bonds. The van der Waals surface area contributed by atoms with Gasteiger partial charge in [-0.1, -0.05) is 6.07 Å². The van der Waals surface area contributed by atoms with Crippen molar-refractivity contribution in [2.75, 3.05) is 18.4 Å². The summed E-state index contributed by atoms with van der Waals surface area (Å²) in [7, 11) is -3.55. The van der Waals surface area contributed by atoms with Crippen LogP contribution >= 0.6 is 0 Å². The van der Waals surface area contributed by atoms with Crippen molar-refractivity contribution >= 4 is 32.5 Å². The first kappa shape index (κ1) is 17.7. The summed E-state index contributed by atoms with van der Waals surface area (Å²) < 4.78 is 40.1. The van der Waals surface area contributed by atoms with Crippen LogP contribution in [0, 0.1) is 5.82 Å². The SMILES string of the molecule is O=C(Nc1cccc(S(=O)(=O)N2CCCC2)c1)c1cc2cc(F)ccc2[nH]1. The maximum absolute atomic E-state index is 13.3. The molecule has 0 spiro atoms. The summed E-state index contributed by atoms with van der Waals surface area (Å²) in [5.74, 6) is -0.810. The highest BCUT2D eigenvalue weighted by molar-refractivity contribution is 7.89. The molecule has 4 rings (SSSR count). The first-order chi connectivity index (χ1) is 12.9. The van der Waals surface area contributed by atoms with Crippen LogP contribution in [0.2, 0.25) is 0 Å². The standard InChI is InChI=1S/C19H18FN3O3S/c20-14-6-7-17-13(10-14)11-18(22-17)19(24)21-15-4-3-5-16(12-15)27(25,26)23-8-1-2-9-23/h3-7,10-12,22H,1-2,8-9H2,(H,21,24). The molecule has 6 nitrogen and oxygen atoms in total. The summed E-state index contributed by atoms with van der Waals surface area (Å²) in [6.07, 6.45) is 1.72. The van der Waals surface area contributed by atoms with Gasteiger partial charge in [-0.15, -0.1) is 0 Å². The normalized spacial score (nSPS) is 15.3. The average Bonchev–Trinajstić information content (AvgIpc) is 3.31. The summed E-state index contributed by atoms with van der Waals surface area (Å²) in [5, 5.41) is 3.28. The van der Waals surface area contributed by atoms with Gasteiger partial charge in [-0.05, 0) is 55.3 Å². The summed E-state index contributed by atoms with van der Waals surface area (Å²) in [6, 6.07) is 12.0. The molecule has 140 valence electrons. The Hall–Kier alpha value is -2.71. The van der Waals surface area contributed by atoms with Gasteiger partial charge in [0.05, 0.1) is 4.90 Å². The number of sulfonamides is 1. The van der Waals surface area contributed by atoms with E-state index in [-0.39, 0.29) is 16.4 Å². The Morgan fingerprint density at radius 3 is 2.63 bits per heavy atom. The Balaban J connectivity index is 1.57. The lowest BCUT2D eigenvalue weighted by Gasteiger charge is -2.16. The third-order valence-electron chi connectivity index (χ3n) is 4.62. The molecule has 0 unspecified atom stereocenters. The second kappa shape index (κ2) is 6.79. The predicted molar refractivity (Wildman–Crippen MR) is 101 cm³/mol. The number of carbonyl (C=O) groups excluding carboxylic acids is 1. The number of fused-ring (bicyclic) bond motifs is 1. The van der Waals surface area contributed by atoms with Gasteiger partial charge in [0.2, 0.25) is 10.0 Å². The highest BCUT2D eigenvalue weighted by Gasteiger charge is 2.27. The molecular formula is C19H18FN3O3S. The van der Waals surface area contributed by atoms with Gasteiger partial charge in [0.25, 0.3) is 5.91 Å². The second-order valence-electron chi connectivity index (χ2n) is 6.51. The fourth-order valence-electron chi connectivity index (χ4n) is 3.24. The molecule has 1 aliphatic rings. The van der Waals surface area contributed by atoms with E-state index in [2.05, 4.69) is 10.3 Å². The van der Waals surface area contributed by atoms with Crippen molar-refractivity contribution < 1.29 is 17.6 Å². The molecule has 0 aliphatic carbocycles. The molecule has 1 aliphatic heterocycles. The van der Waals surface area contributed by atoms with E-state index in [1.807, 2.05) is 0 Å². The van der Waals surface area contributed by atoms with Crippen LogP contribution in [0.15, 0.2) is 53.4 Å². The minimum Gasteiger partial charge on any atom is -0.351 e. The van der Waals surface area contributed by atoms with E-state index < -0.39 is 15.9 Å². The number of H-pyrrole nitrogens is 1. The van der Waals surface area contributed by atoms with Crippen molar-refractivity contribution in [3.05, 3.63) is 60.0 Å². The number of carbonyl (C=O) groups is 1. The Morgan fingerprint density at radius 2 is 1.85 bits per heavy atom. The number of anilines is 1. The van der Waals surface area contributed by atoms with Crippen LogP contribution in [0.4, 0.5) is 10.1 Å². The lowest BCUT2D eigenvalue weighted by atomic mass is 10.2. The van der Waals surface area contributed by atoms with Gasteiger partial charge in [0.1, 0.15) is 11.5 Å². The maximum Gasteiger partial charge on any atom is 0.272 e. The minimum absolute atomic E-state index is 0.154. The Bertz CT molecular complexity index is 1120. The van der Waals surface area contributed by atoms with E-state index in [0.29, 0.717) is 29.7 Å². The van der Waals surface area contributed by atoms with E-state index in [0.717, 1.165) is 12.8 Å². The average molecular weight is 387 g/mol. The summed E-state index contributed by atoms with van der Waals surface area (Å²) in [4.78, 5) is 15.6. The first-order valence-corrected chi connectivity index (χ1v) is 10.1. The molecule has 0 radical (unpaired) electrons. The van der Waals surface area contributed by atoms with Gasteiger partial charge in [-0.3, -0.25) is 4.79 Å². The molecule has 1 fully saturated rings. The number of nitrogens with one attached hydrogen (secondary N) is 2. The molecule has 2 N–H and O–H groups in total. The maximum atomic E-state index is 13.3. The van der Waals surface area contributed by atoms with Gasteiger partial charge < -0.3 is 10.3 Å². The van der Waals surface area contributed by atoms with Crippen molar-refractivity contribution in [2.24, 2.45) is 0 Å². The van der Waals surface area contributed by atoms with Gasteiger partial charge in [-0.25, -0.2) is 12.8 Å². The van der Waals surface area contributed by atoms with Crippen molar-refractivity contribution in [1.82, 2.24) is 9.29 Å². The molecule has 1 aromatic heterocycles. The highest BCUT2D eigenvalue weighted by Crippen LogP contribution is 2.24. The zero-order valence-electron chi connectivity index (χ0n) is 14.4. The lowest BCUT2D eigenvalue weighted by Crippen LogP contribution is -2.27. The predicted octanol–water partition coefficient (Wildman–Crippen LogP) is 3.34. The smallest absolute Gasteiger partial charge is 0.272 e. The van der Waals surface area contributed by atoms with Gasteiger partial charge >= 0.3 is 0 Å². The Labute approximate surface area is 156 Å². The van der Waals surface area contributed by atoms with Gasteiger partial charge in [0, 0.05) is 29.7 Å². The lowest BCUT2D eigenvalue weighted by molar-refractivity contribution is 0.102. The molecule has 1 saturated heterocycles. The van der Waals surface area contributed by atoms with Crippen LogP contribution in [-0.4, -0.2) is 36.7 Å². The minimum atomic E-state index is -3.55. The van der Waals surface area contributed by atoms with Crippen LogP contribution < -0.4 is 5.32 Å². The summed E-state index contributed by atoms with van der Waals surface area (Å²) in [6.45, 7) is 1.04. The van der Waals surface area contributed by atoms with Crippen molar-refractivity contribution in [1.29, 1.82) is 0 Å². The third-order valence-corrected chi connectivity index (χ3v) is 6.52. The number of hydrogen-bond acceptors (Lipinski definition) is 3. The first-order valence-electron chi connectivity index (χ1n) is 8.63. The van der Waals surface area contributed by atoms with E-state index in [4.69, 9.17) is 0 Å². The van der Waals surface area contributed by atoms with Crippen LogP contribution in [0.25, 0.3) is 10.9 Å². The van der Waals surface area contributed by atoms with Crippen LogP contribution in [0.1, 0.15) is 23.3 Å². The molecule has 0 atom stereocenters. The largest absolute Gasteiger partial charge is 0.351 e. The molecule has 27 heavy (non-hydrogen) atoms. The number of aromatic nitrogens is 1. The molecule has 0 saturated carbocycles. The van der Waals surface area contributed by atoms with Gasteiger partial charge in [-0.2, -0.15) is 4.31 Å². The number of amides is 1. The Kier molecular flexibility index (Phi) is 4.45. The summed E-state index contributed by atoms with van der Waals surface area (Å²) >= 11 is 0. The number of rotatable bonds is 4. The van der Waals surface area contributed by atoms with Crippen molar-refractivity contribution in [3.63, 3.8) is 0 Å². The number of hydrogen-bond donors (Lipinski definition) is 2. The van der Waals surface area contributed by atoms with Crippen LogP contribution in [0.5, 0.6) is 0 Å². The number of aromatic amines is 1. The Morgan fingerprint density at radius 1 is 1.07 bits per heavy atom. The van der Waals surface area contributed by atoms with E-state index in [1.165, 1.54) is 28.6 Å². The van der Waals surface area contributed by atoms with E-state index >= 15 is 0 Å². The van der Waals surface area contributed by atoms with Crippen molar-refractivity contribution in [2.45, 2.75) is 17.7 Å². The second-order valence-corrected chi connectivity index (χ2v) is 8.45. The number of halogens is 1. The molecule has 2 aromatic carbocycles. The molecule has 3 aromatic rings. The monoisotopic (exact) mass is 387 g/mol.